The Kier molecular flexibility index (Phi) is 4.32. The summed E-state index contributed by atoms with van der Waals surface area (Å²) in [5.41, 5.74) is 8.83. The number of nitrogens with one attached hydrogen (secondary N) is 1. The number of carbonyl (C=O) groups is 1. The van der Waals surface area contributed by atoms with E-state index in [4.69, 9.17) is 18.0 Å². The van der Waals surface area contributed by atoms with E-state index < -0.39 is 0 Å². The minimum absolute atomic E-state index is 0.236. The Hall–Kier alpha value is -2.40. The van der Waals surface area contributed by atoms with E-state index in [1.807, 2.05) is 36.4 Å². The fraction of sp³-hybridized carbons (Fsp3) is 0.0667. The van der Waals surface area contributed by atoms with E-state index in [2.05, 4.69) is 10.1 Å². The fourth-order valence-electron chi connectivity index (χ4n) is 1.80. The second kappa shape index (κ2) is 6.16. The SMILES string of the molecule is COC(=O)c1ccc(-c2ccc(NC(N)=S)cc2)cc1. The highest BCUT2D eigenvalue weighted by atomic mass is 32.1. The van der Waals surface area contributed by atoms with Crippen LogP contribution in [0.25, 0.3) is 11.1 Å². The molecule has 5 heteroatoms. The van der Waals surface area contributed by atoms with Crippen LogP contribution in [-0.4, -0.2) is 18.2 Å². The quantitative estimate of drug-likeness (QED) is 0.671. The van der Waals surface area contributed by atoms with Gasteiger partial charge in [-0.1, -0.05) is 24.3 Å². The average Bonchev–Trinajstić information content (AvgIpc) is 2.47. The molecule has 0 saturated heterocycles. The highest BCUT2D eigenvalue weighted by Crippen LogP contribution is 2.22. The lowest BCUT2D eigenvalue weighted by molar-refractivity contribution is 0.0601. The van der Waals surface area contributed by atoms with Gasteiger partial charge in [-0.3, -0.25) is 0 Å². The third-order valence-corrected chi connectivity index (χ3v) is 2.89. The summed E-state index contributed by atoms with van der Waals surface area (Å²) in [6.07, 6.45) is 0. The summed E-state index contributed by atoms with van der Waals surface area (Å²) in [5.74, 6) is -0.340. The zero-order valence-corrected chi connectivity index (χ0v) is 11.7. The monoisotopic (exact) mass is 286 g/mol. The maximum absolute atomic E-state index is 11.4. The molecule has 0 unspecified atom stereocenters. The lowest BCUT2D eigenvalue weighted by Crippen LogP contribution is -2.18. The van der Waals surface area contributed by atoms with Gasteiger partial charge in [0.2, 0.25) is 0 Å². The molecule has 0 fully saturated rings. The first-order chi connectivity index (χ1) is 9.60. The van der Waals surface area contributed by atoms with Crippen LogP contribution in [0, 0.1) is 0 Å². The number of methoxy groups -OCH3 is 1. The van der Waals surface area contributed by atoms with Crippen molar-refractivity contribution < 1.29 is 9.53 Å². The van der Waals surface area contributed by atoms with Gasteiger partial charge in [-0.2, -0.15) is 0 Å². The first-order valence-electron chi connectivity index (χ1n) is 5.95. The number of nitrogens with two attached hydrogens (primary N) is 1. The van der Waals surface area contributed by atoms with Gasteiger partial charge in [0.05, 0.1) is 12.7 Å². The number of ether oxygens (including phenoxy) is 1. The Morgan fingerprint density at radius 2 is 1.55 bits per heavy atom. The Bertz CT molecular complexity index is 621. The molecule has 2 aromatic carbocycles. The van der Waals surface area contributed by atoms with Crippen molar-refractivity contribution in [1.29, 1.82) is 0 Å². The topological polar surface area (TPSA) is 64.3 Å². The molecule has 0 bridgehead atoms. The maximum Gasteiger partial charge on any atom is 0.337 e. The van der Waals surface area contributed by atoms with E-state index in [1.165, 1.54) is 7.11 Å². The van der Waals surface area contributed by atoms with Crippen molar-refractivity contribution in [3.8, 4) is 11.1 Å². The number of anilines is 1. The van der Waals surface area contributed by atoms with Crippen molar-refractivity contribution in [2.75, 3.05) is 12.4 Å². The van der Waals surface area contributed by atoms with E-state index in [-0.39, 0.29) is 11.1 Å². The van der Waals surface area contributed by atoms with Crippen molar-refractivity contribution in [2.24, 2.45) is 5.73 Å². The van der Waals surface area contributed by atoms with Crippen molar-refractivity contribution >= 4 is 29.0 Å². The summed E-state index contributed by atoms with van der Waals surface area (Å²) in [5, 5.41) is 3.10. The molecule has 0 aliphatic rings. The molecule has 0 heterocycles. The molecule has 20 heavy (non-hydrogen) atoms. The normalized spacial score (nSPS) is 9.85. The summed E-state index contributed by atoms with van der Waals surface area (Å²) in [6, 6.07) is 14.9. The Morgan fingerprint density at radius 3 is 2.00 bits per heavy atom. The van der Waals surface area contributed by atoms with Crippen LogP contribution in [0.2, 0.25) is 0 Å². The van der Waals surface area contributed by atoms with Gasteiger partial charge < -0.3 is 15.8 Å². The standard InChI is InChI=1S/C15H14N2O2S/c1-19-14(18)12-4-2-10(3-5-12)11-6-8-13(9-7-11)17-15(16)20/h2-9H,1H3,(H3,16,17,20). The number of rotatable bonds is 3. The summed E-state index contributed by atoms with van der Waals surface area (Å²) >= 11 is 4.78. The van der Waals surface area contributed by atoms with Crippen LogP contribution in [0.1, 0.15) is 10.4 Å². The molecule has 102 valence electrons. The van der Waals surface area contributed by atoms with Crippen LogP contribution < -0.4 is 11.1 Å². The molecular weight excluding hydrogens is 272 g/mol. The maximum atomic E-state index is 11.4. The second-order valence-electron chi connectivity index (χ2n) is 4.14. The molecule has 3 N–H and O–H groups in total. The van der Waals surface area contributed by atoms with Gasteiger partial charge >= 0.3 is 5.97 Å². The van der Waals surface area contributed by atoms with Gasteiger partial charge in [-0.05, 0) is 47.6 Å². The zero-order chi connectivity index (χ0) is 14.5. The first-order valence-corrected chi connectivity index (χ1v) is 6.36. The summed E-state index contributed by atoms with van der Waals surface area (Å²) in [7, 11) is 1.36. The van der Waals surface area contributed by atoms with Gasteiger partial charge in [-0.15, -0.1) is 0 Å². The molecule has 0 saturated carbocycles. The zero-order valence-electron chi connectivity index (χ0n) is 10.9. The van der Waals surface area contributed by atoms with E-state index in [1.54, 1.807) is 12.1 Å². The van der Waals surface area contributed by atoms with Gasteiger partial charge in [0.1, 0.15) is 0 Å². The van der Waals surface area contributed by atoms with Gasteiger partial charge in [0.25, 0.3) is 0 Å². The molecule has 4 nitrogen and oxygen atoms in total. The van der Waals surface area contributed by atoms with Gasteiger partial charge in [0.15, 0.2) is 5.11 Å². The lowest BCUT2D eigenvalue weighted by atomic mass is 10.0. The van der Waals surface area contributed by atoms with Crippen LogP contribution in [-0.2, 0) is 4.74 Å². The van der Waals surface area contributed by atoms with Crippen molar-refractivity contribution in [2.45, 2.75) is 0 Å². The van der Waals surface area contributed by atoms with Crippen molar-refractivity contribution in [3.63, 3.8) is 0 Å². The Morgan fingerprint density at radius 1 is 1.05 bits per heavy atom. The van der Waals surface area contributed by atoms with Crippen LogP contribution >= 0.6 is 12.2 Å². The molecule has 0 aromatic heterocycles. The van der Waals surface area contributed by atoms with E-state index in [0.717, 1.165) is 16.8 Å². The van der Waals surface area contributed by atoms with Gasteiger partial charge in [0, 0.05) is 5.69 Å². The molecule has 2 aromatic rings. The van der Waals surface area contributed by atoms with Crippen molar-refractivity contribution in [3.05, 3.63) is 54.1 Å². The number of thiocarbonyl (C=S) groups is 1. The third-order valence-electron chi connectivity index (χ3n) is 2.79. The number of esters is 1. The van der Waals surface area contributed by atoms with Crippen LogP contribution in [0.3, 0.4) is 0 Å². The number of hydrogen-bond donors (Lipinski definition) is 2. The van der Waals surface area contributed by atoms with Gasteiger partial charge in [-0.25, -0.2) is 4.79 Å². The average molecular weight is 286 g/mol. The molecule has 0 atom stereocenters. The van der Waals surface area contributed by atoms with Crippen LogP contribution in [0.15, 0.2) is 48.5 Å². The van der Waals surface area contributed by atoms with E-state index >= 15 is 0 Å². The molecule has 0 amide bonds. The van der Waals surface area contributed by atoms with E-state index in [0.29, 0.717) is 5.56 Å². The smallest absolute Gasteiger partial charge is 0.337 e. The van der Waals surface area contributed by atoms with Crippen LogP contribution in [0.4, 0.5) is 5.69 Å². The summed E-state index contributed by atoms with van der Waals surface area (Å²) in [6.45, 7) is 0. The highest BCUT2D eigenvalue weighted by Gasteiger charge is 2.05. The van der Waals surface area contributed by atoms with Crippen LogP contribution in [0.5, 0.6) is 0 Å². The lowest BCUT2D eigenvalue weighted by Gasteiger charge is -2.06. The largest absolute Gasteiger partial charge is 0.465 e. The highest BCUT2D eigenvalue weighted by molar-refractivity contribution is 7.80. The second-order valence-corrected chi connectivity index (χ2v) is 4.58. The minimum atomic E-state index is -0.340. The van der Waals surface area contributed by atoms with Crippen molar-refractivity contribution in [1.82, 2.24) is 0 Å². The predicted molar refractivity (Wildman–Crippen MR) is 83.6 cm³/mol. The first kappa shape index (κ1) is 14.0. The summed E-state index contributed by atoms with van der Waals surface area (Å²) in [4.78, 5) is 11.4. The molecular formula is C15H14N2O2S. The minimum Gasteiger partial charge on any atom is -0.465 e. The number of benzene rings is 2. The molecule has 0 radical (unpaired) electrons. The third kappa shape index (κ3) is 3.33. The van der Waals surface area contributed by atoms with E-state index in [9.17, 15) is 4.79 Å². The molecule has 0 spiro atoms. The molecule has 2 rings (SSSR count). The Balaban J connectivity index is 2.19. The number of carbonyl (C=O) groups excluding carboxylic acids is 1. The molecule has 0 aliphatic heterocycles. The summed E-state index contributed by atoms with van der Waals surface area (Å²) < 4.78 is 4.66. The fourth-order valence-corrected chi connectivity index (χ4v) is 1.92. The number of hydrogen-bond acceptors (Lipinski definition) is 3. The predicted octanol–water partition coefficient (Wildman–Crippen LogP) is 2.80. The molecule has 0 aliphatic carbocycles. The Labute approximate surface area is 122 Å².